The fraction of sp³-hybridized carbons (Fsp3) is 0.438. The minimum atomic E-state index is -0.307. The number of rotatable bonds is 2. The summed E-state index contributed by atoms with van der Waals surface area (Å²) in [4.78, 5) is 30.6. The fourth-order valence-corrected chi connectivity index (χ4v) is 3.53. The third-order valence-electron chi connectivity index (χ3n) is 3.83. The van der Waals surface area contributed by atoms with Crippen molar-refractivity contribution >= 4 is 38.5 Å². The van der Waals surface area contributed by atoms with Crippen molar-refractivity contribution in [2.75, 3.05) is 11.9 Å². The van der Waals surface area contributed by atoms with E-state index in [2.05, 4.69) is 10.3 Å². The minimum Gasteiger partial charge on any atom is -0.337 e. The van der Waals surface area contributed by atoms with Crippen LogP contribution in [0.25, 0.3) is 10.2 Å². The summed E-state index contributed by atoms with van der Waals surface area (Å²) in [7, 11) is 0. The van der Waals surface area contributed by atoms with Crippen LogP contribution in [0.1, 0.15) is 27.2 Å². The van der Waals surface area contributed by atoms with Crippen LogP contribution in [0.3, 0.4) is 0 Å². The van der Waals surface area contributed by atoms with Gasteiger partial charge in [-0.1, -0.05) is 23.5 Å². The molecule has 1 atom stereocenters. The van der Waals surface area contributed by atoms with Crippen molar-refractivity contribution in [1.29, 1.82) is 0 Å². The Kier molecular flexibility index (Phi) is 3.64. The van der Waals surface area contributed by atoms with Gasteiger partial charge in [0, 0.05) is 18.5 Å². The molecule has 116 valence electrons. The first kappa shape index (κ1) is 15.0. The molecule has 1 unspecified atom stereocenters. The first-order valence-electron chi connectivity index (χ1n) is 7.31. The van der Waals surface area contributed by atoms with Crippen molar-refractivity contribution in [3.63, 3.8) is 0 Å². The average Bonchev–Trinajstić information content (AvgIpc) is 3.00. The predicted molar refractivity (Wildman–Crippen MR) is 87.8 cm³/mol. The maximum Gasteiger partial charge on any atom is 0.231 e. The van der Waals surface area contributed by atoms with Gasteiger partial charge in [0.2, 0.25) is 11.8 Å². The molecule has 1 saturated heterocycles. The Bertz CT molecular complexity index is 699. The van der Waals surface area contributed by atoms with Gasteiger partial charge in [-0.15, -0.1) is 0 Å². The highest BCUT2D eigenvalue weighted by Crippen LogP contribution is 2.29. The van der Waals surface area contributed by atoms with E-state index < -0.39 is 0 Å². The number of amides is 2. The minimum absolute atomic E-state index is 0.0388. The van der Waals surface area contributed by atoms with Crippen LogP contribution in [0, 0.1) is 5.92 Å². The van der Waals surface area contributed by atoms with E-state index in [4.69, 9.17) is 0 Å². The van der Waals surface area contributed by atoms with Gasteiger partial charge >= 0.3 is 0 Å². The van der Waals surface area contributed by atoms with Gasteiger partial charge in [-0.3, -0.25) is 9.59 Å². The summed E-state index contributed by atoms with van der Waals surface area (Å²) >= 11 is 1.45. The van der Waals surface area contributed by atoms with Crippen LogP contribution in [0.15, 0.2) is 24.3 Å². The van der Waals surface area contributed by atoms with E-state index in [0.717, 1.165) is 10.2 Å². The van der Waals surface area contributed by atoms with Gasteiger partial charge in [0.1, 0.15) is 0 Å². The number of carbonyl (C=O) groups is 2. The Labute approximate surface area is 133 Å². The smallest absolute Gasteiger partial charge is 0.231 e. The van der Waals surface area contributed by atoms with Crippen molar-refractivity contribution in [1.82, 2.24) is 9.88 Å². The second-order valence-electron chi connectivity index (χ2n) is 6.55. The van der Waals surface area contributed by atoms with Gasteiger partial charge in [0.15, 0.2) is 5.13 Å². The van der Waals surface area contributed by atoms with E-state index >= 15 is 0 Å². The molecule has 1 aliphatic rings. The molecule has 22 heavy (non-hydrogen) atoms. The van der Waals surface area contributed by atoms with Crippen LogP contribution in [-0.2, 0) is 9.59 Å². The van der Waals surface area contributed by atoms with Gasteiger partial charge in [0.25, 0.3) is 0 Å². The van der Waals surface area contributed by atoms with E-state index in [1.54, 1.807) is 4.90 Å². The Morgan fingerprint density at radius 1 is 1.36 bits per heavy atom. The first-order valence-corrected chi connectivity index (χ1v) is 8.13. The maximum atomic E-state index is 12.4. The molecule has 0 saturated carbocycles. The summed E-state index contributed by atoms with van der Waals surface area (Å²) in [5.74, 6) is -0.394. The summed E-state index contributed by atoms with van der Waals surface area (Å²) in [5.41, 5.74) is 0.628. The third-order valence-corrected chi connectivity index (χ3v) is 4.78. The SMILES string of the molecule is CC(C)(C)N1CC(C(=O)Nc2nc3ccccc3s2)CC1=O. The monoisotopic (exact) mass is 317 g/mol. The highest BCUT2D eigenvalue weighted by atomic mass is 32.1. The molecule has 5 nitrogen and oxygen atoms in total. The molecule has 0 bridgehead atoms. The fourth-order valence-electron chi connectivity index (χ4n) is 2.66. The zero-order valence-corrected chi connectivity index (χ0v) is 13.7. The molecule has 3 rings (SSSR count). The lowest BCUT2D eigenvalue weighted by Crippen LogP contribution is -2.42. The molecule has 1 aromatic heterocycles. The Morgan fingerprint density at radius 2 is 2.09 bits per heavy atom. The largest absolute Gasteiger partial charge is 0.337 e. The molecule has 2 amide bonds. The lowest BCUT2D eigenvalue weighted by molar-refractivity contribution is -0.131. The Morgan fingerprint density at radius 3 is 2.73 bits per heavy atom. The molecule has 2 heterocycles. The molecule has 1 aliphatic heterocycles. The van der Waals surface area contributed by atoms with Gasteiger partial charge < -0.3 is 10.2 Å². The van der Waals surface area contributed by atoms with Crippen molar-refractivity contribution in [3.05, 3.63) is 24.3 Å². The normalized spacial score (nSPS) is 19.0. The molecule has 0 spiro atoms. The van der Waals surface area contributed by atoms with Gasteiger partial charge in [0.05, 0.1) is 16.1 Å². The number of anilines is 1. The second kappa shape index (κ2) is 5.35. The Hall–Kier alpha value is -1.95. The van der Waals surface area contributed by atoms with Gasteiger partial charge in [-0.25, -0.2) is 4.98 Å². The summed E-state index contributed by atoms with van der Waals surface area (Å²) in [6.07, 6.45) is 0.272. The lowest BCUT2D eigenvalue weighted by atomic mass is 10.1. The maximum absolute atomic E-state index is 12.4. The summed E-state index contributed by atoms with van der Waals surface area (Å²) in [6, 6.07) is 7.76. The number of aromatic nitrogens is 1. The van der Waals surface area contributed by atoms with Crippen molar-refractivity contribution in [2.45, 2.75) is 32.7 Å². The van der Waals surface area contributed by atoms with Crippen LogP contribution < -0.4 is 5.32 Å². The summed E-state index contributed by atoms with van der Waals surface area (Å²) in [5, 5.41) is 3.45. The van der Waals surface area contributed by atoms with E-state index in [-0.39, 0.29) is 29.7 Å². The third kappa shape index (κ3) is 2.83. The molecule has 2 aromatic rings. The topological polar surface area (TPSA) is 62.3 Å². The molecule has 6 heteroatoms. The van der Waals surface area contributed by atoms with Crippen molar-refractivity contribution < 1.29 is 9.59 Å². The molecule has 1 aromatic carbocycles. The van der Waals surface area contributed by atoms with E-state index in [9.17, 15) is 9.59 Å². The molecule has 0 radical (unpaired) electrons. The Balaban J connectivity index is 1.71. The van der Waals surface area contributed by atoms with E-state index in [1.807, 2.05) is 45.0 Å². The number of nitrogens with zero attached hydrogens (tertiary/aromatic N) is 2. The van der Waals surface area contributed by atoms with Crippen LogP contribution >= 0.6 is 11.3 Å². The zero-order chi connectivity index (χ0) is 15.9. The van der Waals surface area contributed by atoms with Crippen molar-refractivity contribution in [3.8, 4) is 0 Å². The number of hydrogen-bond acceptors (Lipinski definition) is 4. The highest BCUT2D eigenvalue weighted by Gasteiger charge is 2.39. The molecular formula is C16H19N3O2S. The standard InChI is InChI=1S/C16H19N3O2S/c1-16(2,3)19-9-10(8-13(19)20)14(21)18-15-17-11-6-4-5-7-12(11)22-15/h4-7,10H,8-9H2,1-3H3,(H,17,18,21). The molecule has 1 N–H and O–H groups in total. The quantitative estimate of drug-likeness (QED) is 0.926. The van der Waals surface area contributed by atoms with Crippen LogP contribution in [-0.4, -0.2) is 33.8 Å². The van der Waals surface area contributed by atoms with Crippen LogP contribution in [0.2, 0.25) is 0 Å². The second-order valence-corrected chi connectivity index (χ2v) is 7.58. The van der Waals surface area contributed by atoms with E-state index in [1.165, 1.54) is 11.3 Å². The highest BCUT2D eigenvalue weighted by molar-refractivity contribution is 7.22. The van der Waals surface area contributed by atoms with E-state index in [0.29, 0.717) is 11.7 Å². The van der Waals surface area contributed by atoms with Gasteiger partial charge in [-0.2, -0.15) is 0 Å². The number of hydrogen-bond donors (Lipinski definition) is 1. The van der Waals surface area contributed by atoms with Gasteiger partial charge in [-0.05, 0) is 32.9 Å². The summed E-state index contributed by atoms with van der Waals surface area (Å²) < 4.78 is 1.04. The number of likely N-dealkylation sites (tertiary alicyclic amines) is 1. The molecule has 1 fully saturated rings. The first-order chi connectivity index (χ1) is 10.3. The van der Waals surface area contributed by atoms with Crippen molar-refractivity contribution in [2.24, 2.45) is 5.92 Å². The predicted octanol–water partition coefficient (Wildman–Crippen LogP) is 2.88. The molecular weight excluding hydrogens is 298 g/mol. The lowest BCUT2D eigenvalue weighted by Gasteiger charge is -2.31. The number of fused-ring (bicyclic) bond motifs is 1. The van der Waals surface area contributed by atoms with Crippen LogP contribution in [0.4, 0.5) is 5.13 Å². The number of nitrogens with one attached hydrogen (secondary N) is 1. The number of thiazole rings is 1. The number of carbonyl (C=O) groups excluding carboxylic acids is 2. The average molecular weight is 317 g/mol. The van der Waals surface area contributed by atoms with Crippen LogP contribution in [0.5, 0.6) is 0 Å². The zero-order valence-electron chi connectivity index (χ0n) is 12.9. The number of benzene rings is 1. The molecule has 0 aliphatic carbocycles. The summed E-state index contributed by atoms with van der Waals surface area (Å²) in [6.45, 7) is 6.43. The number of para-hydroxylation sites is 1.